The second kappa shape index (κ2) is 24.3. The van der Waals surface area contributed by atoms with E-state index in [9.17, 15) is 53.5 Å². The highest BCUT2D eigenvalue weighted by Crippen LogP contribution is 2.49. The third-order valence-corrected chi connectivity index (χ3v) is 21.1. The Kier molecular flexibility index (Phi) is 7.01. The van der Waals surface area contributed by atoms with Crippen molar-refractivity contribution in [1.82, 2.24) is 14.1 Å². The van der Waals surface area contributed by atoms with Gasteiger partial charge < -0.3 is 4.74 Å². The molecular formula is C92H80N4OSi. The number of rotatable bonds is 13. The lowest BCUT2D eigenvalue weighted by Gasteiger charge is -2.42. The summed E-state index contributed by atoms with van der Waals surface area (Å²) in [6, 6.07) is -10.6. The molecule has 0 saturated carbocycles. The van der Waals surface area contributed by atoms with E-state index in [0.29, 0.717) is 34.4 Å². The first kappa shape index (κ1) is 28.3. The van der Waals surface area contributed by atoms with Gasteiger partial charge >= 0.3 is 0 Å². The SMILES string of the molecule is [2H]c1c([2H])c([2H])c(-c2cc(-c3c([2H])c([2H])c4c(c3[2H])C(C([2H])([2H])[2H])(C([2H])([2H])[2H])C([2H])([2H])C([2H])([2H])C4(C([2H])([2H])[2H])C([2H])([2H])[2H])c(-[n+]3[c-]n(-c4cccc(Oc5ccc6c7ccccc7n(-c7cc(C(C)(C)C)ccn7)c6c5)c4)c4cc(-c5c(C([2H])([2H])[2H])cccc5C([2H])([2H])[2H])ccc43)c(-c3c([2H])c([2H])c([2H])c([Si](c4c([2H])c([2H])c([2H])c([2H])c4[2H])(c4c([2H])c([2H])c([2H])c([2H])c4[2H])c4c([2H])c([2H])c([2H])c([2H])c4[2H])c3[2H])c2)c([2H])c1[2H]. The average molecular weight is 1340 g/mol. The van der Waals surface area contributed by atoms with E-state index in [1.165, 1.54) is 24.3 Å². The van der Waals surface area contributed by atoms with Gasteiger partial charge in [0.1, 0.15) is 17.3 Å². The highest BCUT2D eigenvalue weighted by molar-refractivity contribution is 7.20. The van der Waals surface area contributed by atoms with Gasteiger partial charge in [-0.15, -0.1) is 0 Å². The van der Waals surface area contributed by atoms with Gasteiger partial charge in [0.2, 0.25) is 0 Å². The molecular weight excluding hydrogens is 1210 g/mol. The molecule has 1 aliphatic rings. The fourth-order valence-corrected chi connectivity index (χ4v) is 16.1. The standard InChI is InChI=1S/C92H80N4OSi/c1-62-27-24-28-63(2)88(62)67-44-48-84-86(57-67)94(70-32-26-33-71(59-70)97-72-45-46-78-77-41-22-23-42-83(77)96(85(78)60-72)87-58-69(49-52-93-87)90(3,4)5)61-95(84)89-79(54-68(64-29-14-10-15-30-64)55-80(89)66-43-47-81-82(56-66)92(8,9)51-50-91(81,6)7)65-31-25-40-76(53-65)98(73-34-16-11-17-35-73,74-36-18-12-19-37-74)75-38-20-13-21-39-75/h10-49,52-60H,50-51H2,1-9H3/i1D3,2D3,6D3,7D3,8D3,9D3,10D,11D,12D,13D,14D,15D,16D,17D,18D,19D,20D,21D,25D,29D,30D,31D,34D,35D,36D,37D,38D,39D,40D,43D,47D,50D2,51D2,53D,56D. The van der Waals surface area contributed by atoms with E-state index in [-0.39, 0.29) is 28.2 Å². The molecule has 15 aromatic rings. The molecule has 3 heterocycles. The number of para-hydroxylation sites is 1. The maximum atomic E-state index is 11.5. The van der Waals surface area contributed by atoms with Crippen molar-refractivity contribution in [2.24, 2.45) is 0 Å². The van der Waals surface area contributed by atoms with Crippen LogP contribution in [0.15, 0.2) is 297 Å². The summed E-state index contributed by atoms with van der Waals surface area (Å²) in [5.74, 6) is 0.528. The number of fused-ring (bicyclic) bond motifs is 5. The third kappa shape index (κ3) is 10.8. The first-order chi connectivity index (χ1) is 67.7. The lowest BCUT2D eigenvalue weighted by atomic mass is 9.63. The molecule has 0 aliphatic heterocycles. The minimum absolute atomic E-state index is 0.0908. The number of imidazole rings is 1. The predicted molar refractivity (Wildman–Crippen MR) is 411 cm³/mol. The number of hydrogen-bond acceptors (Lipinski definition) is 2. The normalized spacial score (nSPS) is 22.6. The molecule has 0 unspecified atom stereocenters. The van der Waals surface area contributed by atoms with Crippen molar-refractivity contribution in [2.45, 2.75) is 90.9 Å². The lowest BCUT2D eigenvalue weighted by Crippen LogP contribution is -2.74. The van der Waals surface area contributed by atoms with Gasteiger partial charge in [0, 0.05) is 53.2 Å². The van der Waals surface area contributed by atoms with E-state index in [2.05, 4.69) is 6.33 Å². The van der Waals surface area contributed by atoms with Crippen molar-refractivity contribution in [3.8, 4) is 73.2 Å². The zero-order chi connectivity index (χ0) is 109. The molecule has 16 rings (SSSR count). The summed E-state index contributed by atoms with van der Waals surface area (Å²) in [7, 11) is -7.10. The zero-order valence-corrected chi connectivity index (χ0v) is 52.9. The lowest BCUT2D eigenvalue weighted by molar-refractivity contribution is -0.571. The number of aryl methyl sites for hydroxylation is 2. The number of pyridine rings is 1. The van der Waals surface area contributed by atoms with Gasteiger partial charge in [-0.1, -0.05) is 266 Å². The van der Waals surface area contributed by atoms with Crippen LogP contribution in [-0.4, -0.2) is 22.2 Å². The fourth-order valence-electron chi connectivity index (χ4n) is 12.5. The van der Waals surface area contributed by atoms with Crippen molar-refractivity contribution in [1.29, 1.82) is 0 Å². The molecule has 0 saturated heterocycles. The van der Waals surface area contributed by atoms with Gasteiger partial charge in [0.05, 0.1) is 70.5 Å². The summed E-state index contributed by atoms with van der Waals surface area (Å²) >= 11 is 0. The van der Waals surface area contributed by atoms with Crippen LogP contribution in [0.25, 0.3) is 94.5 Å². The van der Waals surface area contributed by atoms with E-state index >= 15 is 0 Å². The number of ether oxygens (including phenoxy) is 1. The molecule has 12 aromatic carbocycles. The van der Waals surface area contributed by atoms with Crippen molar-refractivity contribution in [3.63, 3.8) is 0 Å². The van der Waals surface area contributed by atoms with Gasteiger partial charge in [-0.25, -0.2) is 4.98 Å². The molecule has 478 valence electrons. The smallest absolute Gasteiger partial charge is 0.269 e. The minimum atomic E-state index is -7.10. The van der Waals surface area contributed by atoms with Crippen molar-refractivity contribution < 1.29 is 76.5 Å². The highest BCUT2D eigenvalue weighted by Gasteiger charge is 2.42. The Labute approximate surface area is 646 Å². The Hall–Kier alpha value is -10.9. The van der Waals surface area contributed by atoms with Crippen LogP contribution in [0.1, 0.15) is 156 Å². The zero-order valence-electron chi connectivity index (χ0n) is 101. The summed E-state index contributed by atoms with van der Waals surface area (Å²) < 4.78 is 482. The molecule has 98 heavy (non-hydrogen) atoms. The summed E-state index contributed by atoms with van der Waals surface area (Å²) in [4.78, 5) is 4.80. The van der Waals surface area contributed by atoms with Crippen LogP contribution in [0.3, 0.4) is 0 Å². The minimum Gasteiger partial charge on any atom is -0.458 e. The molecule has 6 heteroatoms. The Bertz CT molecular complexity index is 7850. The molecule has 0 fully saturated rings. The van der Waals surface area contributed by atoms with Gasteiger partial charge in [-0.2, -0.15) is 0 Å². The number of benzene rings is 12. The monoisotopic (exact) mass is 1330 g/mol. The van der Waals surface area contributed by atoms with Gasteiger partial charge in [-0.3, -0.25) is 13.7 Å². The van der Waals surface area contributed by atoms with Gasteiger partial charge in [0.25, 0.3) is 6.33 Å². The van der Waals surface area contributed by atoms with Gasteiger partial charge in [0.15, 0.2) is 8.07 Å². The van der Waals surface area contributed by atoms with Crippen LogP contribution in [0.5, 0.6) is 11.5 Å². The molecule has 0 radical (unpaired) electrons. The summed E-state index contributed by atoms with van der Waals surface area (Å²) in [6.07, 6.45) is -5.36. The second-order valence-electron chi connectivity index (χ2n) is 24.2. The highest BCUT2D eigenvalue weighted by atomic mass is 28.3. The molecule has 0 N–H and O–H groups in total. The van der Waals surface area contributed by atoms with Crippen LogP contribution in [0, 0.1) is 20.0 Å². The van der Waals surface area contributed by atoms with Crippen LogP contribution in [0.4, 0.5) is 0 Å². The van der Waals surface area contributed by atoms with Crippen molar-refractivity contribution >= 4 is 61.7 Å². The Morgan fingerprint density at radius 2 is 1.12 bits per heavy atom. The van der Waals surface area contributed by atoms with E-state index in [0.717, 1.165) is 56.5 Å². The molecule has 3 aromatic heterocycles. The molecule has 0 amide bonds. The van der Waals surface area contributed by atoms with Crippen LogP contribution in [-0.2, 0) is 16.2 Å². The van der Waals surface area contributed by atoms with E-state index in [1.807, 2.05) is 61.7 Å². The fraction of sp³-hybridized carbons (Fsp3) is 0.152. The predicted octanol–water partition coefficient (Wildman–Crippen LogP) is 20.3. The first-order valence-corrected chi connectivity index (χ1v) is 32.4. The Morgan fingerprint density at radius 3 is 1.80 bits per heavy atom. The topological polar surface area (TPSA) is 35.9 Å². The Balaban J connectivity index is 1.20. The molecule has 0 atom stereocenters. The molecule has 0 bridgehead atoms. The van der Waals surface area contributed by atoms with E-state index in [1.54, 1.807) is 24.4 Å². The van der Waals surface area contributed by atoms with Crippen molar-refractivity contribution in [2.75, 3.05) is 0 Å². The van der Waals surface area contributed by atoms with E-state index in [4.69, 9.17) is 23.4 Å². The van der Waals surface area contributed by atoms with Crippen LogP contribution >= 0.6 is 0 Å². The largest absolute Gasteiger partial charge is 0.458 e. The van der Waals surface area contributed by atoms with Crippen LogP contribution < -0.4 is 30.1 Å². The number of hydrogen-bond donors (Lipinski definition) is 0. The number of nitrogens with zero attached hydrogens (tertiary/aromatic N) is 4. The van der Waals surface area contributed by atoms with Gasteiger partial charge in [-0.05, 0) is 202 Å². The van der Waals surface area contributed by atoms with E-state index < -0.39 is 335 Å². The third-order valence-electron chi connectivity index (χ3n) is 17.1. The average Bonchev–Trinajstić information content (AvgIpc) is 0.741. The summed E-state index contributed by atoms with van der Waals surface area (Å²) in [5.41, 5.74) is -24.5. The molecule has 5 nitrogen and oxygen atoms in total. The second-order valence-corrected chi connectivity index (χ2v) is 27.7. The quantitative estimate of drug-likeness (QED) is 0.0499. The molecule has 1 aliphatic carbocycles. The van der Waals surface area contributed by atoms with Crippen molar-refractivity contribution in [3.05, 3.63) is 331 Å². The number of aromatic nitrogens is 4. The van der Waals surface area contributed by atoms with Crippen LogP contribution in [0.2, 0.25) is 0 Å². The maximum absolute atomic E-state index is 11.5. The molecule has 0 spiro atoms. The Morgan fingerprint density at radius 1 is 0.510 bits per heavy atom. The summed E-state index contributed by atoms with van der Waals surface area (Å²) in [6.45, 7) is -19.5. The first-order valence-electron chi connectivity index (χ1n) is 54.9. The summed E-state index contributed by atoms with van der Waals surface area (Å²) in [5, 5.41) is -4.35. The maximum Gasteiger partial charge on any atom is 0.269 e.